The van der Waals surface area contributed by atoms with Crippen LogP contribution in [0, 0.1) is 0 Å². The Morgan fingerprint density at radius 2 is 2.10 bits per heavy atom. The fourth-order valence-electron chi connectivity index (χ4n) is 3.24. The van der Waals surface area contributed by atoms with Crippen LogP contribution in [0.3, 0.4) is 0 Å². The van der Waals surface area contributed by atoms with Gasteiger partial charge in [-0.2, -0.15) is 0 Å². The van der Waals surface area contributed by atoms with E-state index in [9.17, 15) is 4.79 Å². The first-order valence-corrected chi connectivity index (χ1v) is 10.9. The number of thiophene rings is 1. The van der Waals surface area contributed by atoms with Gasteiger partial charge in [0.2, 0.25) is 0 Å². The molecular formula is C25H27N3O2S. The number of amides is 1. The van der Waals surface area contributed by atoms with Gasteiger partial charge in [-0.05, 0) is 42.7 Å². The highest BCUT2D eigenvalue weighted by Crippen LogP contribution is 2.37. The maximum Gasteiger partial charge on any atom is 0.261 e. The molecule has 0 spiro atoms. The highest BCUT2D eigenvalue weighted by atomic mass is 32.1. The van der Waals surface area contributed by atoms with Gasteiger partial charge in [-0.1, -0.05) is 42.5 Å². The summed E-state index contributed by atoms with van der Waals surface area (Å²) >= 11 is 1.45. The summed E-state index contributed by atoms with van der Waals surface area (Å²) in [4.78, 5) is 18.8. The van der Waals surface area contributed by atoms with Crippen LogP contribution in [-0.2, 0) is 6.42 Å². The Morgan fingerprint density at radius 1 is 1.29 bits per heavy atom. The number of allylic oxidation sites excluding steroid dienone is 4. The van der Waals surface area contributed by atoms with E-state index in [1.165, 1.54) is 11.3 Å². The summed E-state index contributed by atoms with van der Waals surface area (Å²) in [6.45, 7) is 2.33. The predicted molar refractivity (Wildman–Crippen MR) is 130 cm³/mol. The molecule has 2 aromatic heterocycles. The molecule has 0 fully saturated rings. The predicted octanol–water partition coefficient (Wildman–Crippen LogP) is 4.97. The number of carbonyl (C=O) groups excluding carboxylic acids is 1. The van der Waals surface area contributed by atoms with Crippen LogP contribution in [0.4, 0.5) is 0 Å². The van der Waals surface area contributed by atoms with Crippen molar-refractivity contribution in [2.24, 2.45) is 10.7 Å². The Morgan fingerprint density at radius 3 is 2.74 bits per heavy atom. The molecule has 0 radical (unpaired) electrons. The number of nitrogens with two attached hydrogens (primary N) is 1. The topological polar surface area (TPSA) is 80.6 Å². The second kappa shape index (κ2) is 11.2. The lowest BCUT2D eigenvalue weighted by Crippen LogP contribution is -2.41. The molecule has 6 heteroatoms. The first-order chi connectivity index (χ1) is 15.2. The van der Waals surface area contributed by atoms with Crippen LogP contribution in [0.5, 0.6) is 0 Å². The first kappa shape index (κ1) is 22.5. The summed E-state index contributed by atoms with van der Waals surface area (Å²) in [5, 5.41) is 3.09. The lowest BCUT2D eigenvalue weighted by molar-refractivity contribution is 0.0942. The minimum Gasteiger partial charge on any atom is -0.472 e. The van der Waals surface area contributed by atoms with E-state index >= 15 is 0 Å². The smallest absolute Gasteiger partial charge is 0.261 e. The monoisotopic (exact) mass is 433 g/mol. The van der Waals surface area contributed by atoms with Crippen molar-refractivity contribution < 1.29 is 9.21 Å². The fourth-order valence-corrected chi connectivity index (χ4v) is 4.33. The Kier molecular flexibility index (Phi) is 8.15. The zero-order chi connectivity index (χ0) is 22.1. The molecule has 0 aliphatic carbocycles. The third-order valence-corrected chi connectivity index (χ3v) is 5.93. The molecule has 0 aliphatic heterocycles. The number of carbonyl (C=O) groups is 1. The molecule has 160 valence electrons. The van der Waals surface area contributed by atoms with Gasteiger partial charge < -0.3 is 15.5 Å². The third kappa shape index (κ3) is 5.90. The molecule has 0 bridgehead atoms. The van der Waals surface area contributed by atoms with E-state index in [1.807, 2.05) is 67.6 Å². The lowest BCUT2D eigenvalue weighted by Gasteiger charge is -2.16. The summed E-state index contributed by atoms with van der Waals surface area (Å²) < 4.78 is 5.29. The zero-order valence-corrected chi connectivity index (χ0v) is 18.6. The number of furan rings is 1. The second-order valence-electron chi connectivity index (χ2n) is 6.99. The molecule has 31 heavy (non-hydrogen) atoms. The molecule has 2 heterocycles. The van der Waals surface area contributed by atoms with Crippen molar-refractivity contribution in [1.29, 1.82) is 0 Å². The quantitative estimate of drug-likeness (QED) is 0.369. The number of nitrogens with zero attached hydrogens (tertiary/aromatic N) is 1. The minimum atomic E-state index is -0.143. The maximum absolute atomic E-state index is 13.1. The van der Waals surface area contributed by atoms with E-state index in [4.69, 9.17) is 10.2 Å². The Bertz CT molecular complexity index is 1060. The number of benzene rings is 1. The maximum atomic E-state index is 13.1. The standard InChI is InChI=1S/C25H27N3O2S/c1-3-7-19(10-12-27-2)24-22(20-11-13-30-17-20)15-23(31-24)25(29)28-21(16-26)14-18-8-5-4-6-9-18/h3-13,15,17,21H,14,16,26H2,1-2H3,(H,28,29)/b7-3-,19-10+,27-12-. The van der Waals surface area contributed by atoms with Crippen LogP contribution in [0.2, 0.25) is 0 Å². The molecule has 3 N–H and O–H groups in total. The van der Waals surface area contributed by atoms with Gasteiger partial charge in [0, 0.05) is 41.9 Å². The fraction of sp³-hybridized carbons (Fsp3) is 0.200. The molecule has 0 saturated heterocycles. The van der Waals surface area contributed by atoms with Gasteiger partial charge in [-0.3, -0.25) is 9.79 Å². The summed E-state index contributed by atoms with van der Waals surface area (Å²) in [6.07, 6.45) is 11.7. The number of nitrogens with one attached hydrogen (secondary N) is 1. The summed E-state index contributed by atoms with van der Waals surface area (Å²) in [5.41, 5.74) is 9.94. The Labute approximate surface area is 187 Å². The average molecular weight is 434 g/mol. The molecular weight excluding hydrogens is 406 g/mol. The van der Waals surface area contributed by atoms with Gasteiger partial charge in [0.15, 0.2) is 0 Å². The average Bonchev–Trinajstić information content (AvgIpc) is 3.47. The van der Waals surface area contributed by atoms with Crippen molar-refractivity contribution in [3.8, 4) is 11.1 Å². The van der Waals surface area contributed by atoms with Crippen molar-refractivity contribution >= 4 is 29.0 Å². The molecule has 0 aliphatic rings. The van der Waals surface area contributed by atoms with Crippen molar-refractivity contribution in [1.82, 2.24) is 5.32 Å². The highest BCUT2D eigenvalue weighted by molar-refractivity contribution is 7.15. The number of hydrogen-bond acceptors (Lipinski definition) is 5. The molecule has 5 nitrogen and oxygen atoms in total. The molecule has 1 amide bonds. The van der Waals surface area contributed by atoms with Crippen molar-refractivity contribution in [3.05, 3.63) is 88.5 Å². The normalized spacial score (nSPS) is 13.2. The summed E-state index contributed by atoms with van der Waals surface area (Å²) in [6, 6.07) is 13.7. The van der Waals surface area contributed by atoms with Gasteiger partial charge in [0.05, 0.1) is 17.4 Å². The van der Waals surface area contributed by atoms with Crippen LogP contribution in [0.15, 0.2) is 82.6 Å². The van der Waals surface area contributed by atoms with Gasteiger partial charge >= 0.3 is 0 Å². The highest BCUT2D eigenvalue weighted by Gasteiger charge is 2.20. The number of aliphatic imine (C=N–C) groups is 1. The van der Waals surface area contributed by atoms with E-state index in [-0.39, 0.29) is 11.9 Å². The van der Waals surface area contributed by atoms with Crippen LogP contribution in [0.1, 0.15) is 27.0 Å². The molecule has 3 rings (SSSR count). The largest absolute Gasteiger partial charge is 0.472 e. The van der Waals surface area contributed by atoms with Crippen molar-refractivity contribution in [2.75, 3.05) is 13.6 Å². The van der Waals surface area contributed by atoms with Gasteiger partial charge in [0.1, 0.15) is 0 Å². The zero-order valence-electron chi connectivity index (χ0n) is 17.7. The minimum absolute atomic E-state index is 0.128. The summed E-state index contributed by atoms with van der Waals surface area (Å²) in [5.74, 6) is -0.128. The van der Waals surface area contributed by atoms with Crippen LogP contribution < -0.4 is 11.1 Å². The van der Waals surface area contributed by atoms with E-state index in [2.05, 4.69) is 10.3 Å². The Hall–Kier alpha value is -3.22. The van der Waals surface area contributed by atoms with E-state index in [0.717, 1.165) is 27.1 Å². The molecule has 0 saturated carbocycles. The third-order valence-electron chi connectivity index (χ3n) is 4.74. The van der Waals surface area contributed by atoms with Gasteiger partial charge in [-0.15, -0.1) is 11.3 Å². The second-order valence-corrected chi connectivity index (χ2v) is 8.04. The van der Waals surface area contributed by atoms with Crippen LogP contribution >= 0.6 is 11.3 Å². The molecule has 1 unspecified atom stereocenters. The van der Waals surface area contributed by atoms with E-state index in [1.54, 1.807) is 25.8 Å². The molecule has 1 atom stereocenters. The molecule has 1 aromatic carbocycles. The molecule has 3 aromatic rings. The van der Waals surface area contributed by atoms with Crippen LogP contribution in [0.25, 0.3) is 16.7 Å². The van der Waals surface area contributed by atoms with Crippen molar-refractivity contribution in [3.63, 3.8) is 0 Å². The van der Waals surface area contributed by atoms with Gasteiger partial charge in [-0.25, -0.2) is 0 Å². The first-order valence-electron chi connectivity index (χ1n) is 10.1. The van der Waals surface area contributed by atoms with Gasteiger partial charge in [0.25, 0.3) is 5.91 Å². The van der Waals surface area contributed by atoms with Crippen LogP contribution in [-0.4, -0.2) is 31.8 Å². The van der Waals surface area contributed by atoms with E-state index < -0.39 is 0 Å². The lowest BCUT2D eigenvalue weighted by atomic mass is 10.0. The summed E-state index contributed by atoms with van der Waals surface area (Å²) in [7, 11) is 1.73. The SMILES string of the molecule is C\C=C/C(=C\C=N/C)c1sc(C(=O)NC(CN)Cc2ccccc2)cc1-c1ccoc1. The Balaban J connectivity index is 1.91. The van der Waals surface area contributed by atoms with Crippen molar-refractivity contribution in [2.45, 2.75) is 19.4 Å². The van der Waals surface area contributed by atoms with E-state index in [0.29, 0.717) is 17.8 Å². The number of rotatable bonds is 9. The number of hydrogen-bond donors (Lipinski definition) is 2.